The summed E-state index contributed by atoms with van der Waals surface area (Å²) in [6, 6.07) is 4.98. The molecule has 0 spiro atoms. The van der Waals surface area contributed by atoms with Crippen molar-refractivity contribution in [2.75, 3.05) is 25.6 Å². The second kappa shape index (κ2) is 7.59. The first-order chi connectivity index (χ1) is 8.26. The summed E-state index contributed by atoms with van der Waals surface area (Å²) in [6.07, 6.45) is 0.0808. The van der Waals surface area contributed by atoms with E-state index in [1.165, 1.54) is 0 Å². The van der Waals surface area contributed by atoms with Gasteiger partial charge in [0.25, 0.3) is 0 Å². The SMILES string of the molecule is COCCCOC(=O)Nc1cccc(CO)n1. The van der Waals surface area contributed by atoms with E-state index in [1.54, 1.807) is 25.3 Å². The smallest absolute Gasteiger partial charge is 0.412 e. The van der Waals surface area contributed by atoms with Crippen molar-refractivity contribution in [1.29, 1.82) is 0 Å². The first-order valence-electron chi connectivity index (χ1n) is 5.25. The van der Waals surface area contributed by atoms with Crippen molar-refractivity contribution in [3.8, 4) is 0 Å². The van der Waals surface area contributed by atoms with E-state index in [-0.39, 0.29) is 6.61 Å². The molecule has 0 aliphatic rings. The predicted molar refractivity (Wildman–Crippen MR) is 61.6 cm³/mol. The van der Waals surface area contributed by atoms with Crippen LogP contribution in [-0.2, 0) is 16.1 Å². The molecule has 1 aromatic heterocycles. The van der Waals surface area contributed by atoms with Crippen LogP contribution in [0.25, 0.3) is 0 Å². The molecule has 94 valence electrons. The Kier molecular flexibility index (Phi) is 5.98. The normalized spacial score (nSPS) is 10.0. The van der Waals surface area contributed by atoms with E-state index < -0.39 is 6.09 Å². The van der Waals surface area contributed by atoms with Crippen molar-refractivity contribution in [2.24, 2.45) is 0 Å². The molecule has 6 heteroatoms. The number of hydrogen-bond donors (Lipinski definition) is 2. The Labute approximate surface area is 99.6 Å². The molecule has 0 atom stereocenters. The molecular formula is C11H16N2O4. The van der Waals surface area contributed by atoms with Gasteiger partial charge in [0.1, 0.15) is 5.82 Å². The number of methoxy groups -OCH3 is 1. The van der Waals surface area contributed by atoms with Crippen LogP contribution in [0, 0.1) is 0 Å². The minimum Gasteiger partial charge on any atom is -0.449 e. The number of hydrogen-bond acceptors (Lipinski definition) is 5. The van der Waals surface area contributed by atoms with E-state index in [4.69, 9.17) is 14.6 Å². The highest BCUT2D eigenvalue weighted by molar-refractivity contribution is 5.83. The topological polar surface area (TPSA) is 80.7 Å². The monoisotopic (exact) mass is 240 g/mol. The molecule has 1 heterocycles. The van der Waals surface area contributed by atoms with Crippen molar-refractivity contribution in [1.82, 2.24) is 4.98 Å². The number of anilines is 1. The summed E-state index contributed by atoms with van der Waals surface area (Å²) in [6.45, 7) is 0.670. The van der Waals surface area contributed by atoms with Crippen LogP contribution >= 0.6 is 0 Å². The fraction of sp³-hybridized carbons (Fsp3) is 0.455. The number of nitrogens with zero attached hydrogens (tertiary/aromatic N) is 1. The van der Waals surface area contributed by atoms with E-state index >= 15 is 0 Å². The molecule has 6 nitrogen and oxygen atoms in total. The quantitative estimate of drug-likeness (QED) is 0.729. The number of aliphatic hydroxyl groups is 1. The summed E-state index contributed by atoms with van der Waals surface area (Å²) in [4.78, 5) is 15.3. The molecule has 17 heavy (non-hydrogen) atoms. The number of rotatable bonds is 6. The van der Waals surface area contributed by atoms with Gasteiger partial charge in [-0.15, -0.1) is 0 Å². The molecule has 0 aromatic carbocycles. The van der Waals surface area contributed by atoms with Gasteiger partial charge in [0.15, 0.2) is 0 Å². The minimum atomic E-state index is -0.566. The van der Waals surface area contributed by atoms with E-state index in [0.717, 1.165) is 0 Å². The van der Waals surface area contributed by atoms with Crippen molar-refractivity contribution in [3.05, 3.63) is 23.9 Å². The van der Waals surface area contributed by atoms with Gasteiger partial charge in [-0.2, -0.15) is 0 Å². The van der Waals surface area contributed by atoms with E-state index in [2.05, 4.69) is 10.3 Å². The van der Waals surface area contributed by atoms with E-state index in [0.29, 0.717) is 31.1 Å². The summed E-state index contributed by atoms with van der Waals surface area (Å²) >= 11 is 0. The van der Waals surface area contributed by atoms with Gasteiger partial charge in [0, 0.05) is 20.1 Å². The van der Waals surface area contributed by atoms with Crippen molar-refractivity contribution in [2.45, 2.75) is 13.0 Å². The minimum absolute atomic E-state index is 0.168. The summed E-state index contributed by atoms with van der Waals surface area (Å²) < 4.78 is 9.71. The second-order valence-corrected chi connectivity index (χ2v) is 3.28. The van der Waals surface area contributed by atoms with Crippen LogP contribution in [0.5, 0.6) is 0 Å². The average molecular weight is 240 g/mol. The molecule has 1 amide bonds. The molecule has 0 aliphatic heterocycles. The number of aromatic nitrogens is 1. The Bertz CT molecular complexity index is 357. The van der Waals surface area contributed by atoms with Gasteiger partial charge >= 0.3 is 6.09 Å². The van der Waals surface area contributed by atoms with Crippen LogP contribution in [0.1, 0.15) is 12.1 Å². The Morgan fingerprint density at radius 1 is 1.47 bits per heavy atom. The molecular weight excluding hydrogens is 224 g/mol. The summed E-state index contributed by atoms with van der Waals surface area (Å²) in [5.74, 6) is 0.355. The highest BCUT2D eigenvalue weighted by Gasteiger charge is 2.04. The third-order valence-corrected chi connectivity index (χ3v) is 1.92. The Morgan fingerprint density at radius 2 is 2.29 bits per heavy atom. The molecule has 1 aromatic rings. The highest BCUT2D eigenvalue weighted by Crippen LogP contribution is 2.05. The number of carbonyl (C=O) groups excluding carboxylic acids is 1. The number of carbonyl (C=O) groups is 1. The first-order valence-corrected chi connectivity index (χ1v) is 5.25. The van der Waals surface area contributed by atoms with Crippen LogP contribution in [0.4, 0.5) is 10.6 Å². The predicted octanol–water partition coefficient (Wildman–Crippen LogP) is 1.16. The largest absolute Gasteiger partial charge is 0.449 e. The van der Waals surface area contributed by atoms with Crippen LogP contribution in [0.3, 0.4) is 0 Å². The van der Waals surface area contributed by atoms with E-state index in [1.807, 2.05) is 0 Å². The van der Waals surface area contributed by atoms with Gasteiger partial charge in [-0.25, -0.2) is 9.78 Å². The molecule has 0 fully saturated rings. The summed E-state index contributed by atoms with van der Waals surface area (Å²) in [7, 11) is 1.59. The standard InChI is InChI=1S/C11H16N2O4/c1-16-6-3-7-17-11(15)13-10-5-2-4-9(8-14)12-10/h2,4-5,14H,3,6-8H2,1H3,(H,12,13,15). The molecule has 0 aliphatic carbocycles. The van der Waals surface area contributed by atoms with Crippen LogP contribution in [0.15, 0.2) is 18.2 Å². The van der Waals surface area contributed by atoms with Crippen LogP contribution in [0.2, 0.25) is 0 Å². The molecule has 2 N–H and O–H groups in total. The second-order valence-electron chi connectivity index (χ2n) is 3.28. The lowest BCUT2D eigenvalue weighted by Crippen LogP contribution is -2.16. The maximum absolute atomic E-state index is 11.3. The van der Waals surface area contributed by atoms with Gasteiger partial charge in [-0.3, -0.25) is 5.32 Å². The number of pyridine rings is 1. The number of amides is 1. The van der Waals surface area contributed by atoms with Gasteiger partial charge in [0.2, 0.25) is 0 Å². The van der Waals surface area contributed by atoms with Gasteiger partial charge in [-0.05, 0) is 12.1 Å². The van der Waals surface area contributed by atoms with E-state index in [9.17, 15) is 4.79 Å². The lowest BCUT2D eigenvalue weighted by Gasteiger charge is -2.06. The third kappa shape index (κ3) is 5.28. The first kappa shape index (κ1) is 13.4. The van der Waals surface area contributed by atoms with Crippen molar-refractivity contribution in [3.63, 3.8) is 0 Å². The van der Waals surface area contributed by atoms with Crippen molar-refractivity contribution < 1.29 is 19.4 Å². The lowest BCUT2D eigenvalue weighted by molar-refractivity contribution is 0.134. The zero-order chi connectivity index (χ0) is 12.5. The lowest BCUT2D eigenvalue weighted by atomic mass is 10.3. The Morgan fingerprint density at radius 3 is 3.00 bits per heavy atom. The Balaban J connectivity index is 2.34. The zero-order valence-electron chi connectivity index (χ0n) is 9.68. The number of ether oxygens (including phenoxy) is 2. The maximum atomic E-state index is 11.3. The fourth-order valence-corrected chi connectivity index (χ4v) is 1.15. The summed E-state index contributed by atoms with van der Waals surface area (Å²) in [5.41, 5.74) is 0.488. The fourth-order valence-electron chi connectivity index (χ4n) is 1.15. The van der Waals surface area contributed by atoms with Gasteiger partial charge in [0.05, 0.1) is 18.9 Å². The van der Waals surface area contributed by atoms with Gasteiger partial charge < -0.3 is 14.6 Å². The molecule has 0 saturated heterocycles. The molecule has 0 radical (unpaired) electrons. The number of aliphatic hydroxyl groups excluding tert-OH is 1. The van der Waals surface area contributed by atoms with Crippen LogP contribution in [-0.4, -0.2) is 36.5 Å². The van der Waals surface area contributed by atoms with Crippen LogP contribution < -0.4 is 5.32 Å². The highest BCUT2D eigenvalue weighted by atomic mass is 16.5. The maximum Gasteiger partial charge on any atom is 0.412 e. The van der Waals surface area contributed by atoms with Gasteiger partial charge in [-0.1, -0.05) is 6.07 Å². The molecule has 0 saturated carbocycles. The third-order valence-electron chi connectivity index (χ3n) is 1.92. The summed E-state index contributed by atoms with van der Waals surface area (Å²) in [5, 5.41) is 11.3. The molecule has 1 rings (SSSR count). The molecule has 0 bridgehead atoms. The zero-order valence-corrected chi connectivity index (χ0v) is 9.68. The molecule has 0 unspecified atom stereocenters. The Hall–Kier alpha value is -1.66. The van der Waals surface area contributed by atoms with Crippen molar-refractivity contribution >= 4 is 11.9 Å². The number of nitrogens with one attached hydrogen (secondary N) is 1. The average Bonchev–Trinajstić information content (AvgIpc) is 2.35.